The van der Waals surface area contributed by atoms with E-state index in [-0.39, 0.29) is 24.1 Å². The van der Waals surface area contributed by atoms with Gasteiger partial charge in [-0.15, -0.1) is 0 Å². The summed E-state index contributed by atoms with van der Waals surface area (Å²) in [7, 11) is 2.02. The molecule has 0 bridgehead atoms. The molecule has 4 rings (SSSR count). The molecule has 3 N–H and O–H groups in total. The fourth-order valence-corrected chi connectivity index (χ4v) is 3.98. The minimum absolute atomic E-state index is 0.147. The molecule has 0 spiro atoms. The minimum Gasteiger partial charge on any atom is -0.370 e. The van der Waals surface area contributed by atoms with Crippen LogP contribution in [0.2, 0.25) is 0 Å². The van der Waals surface area contributed by atoms with Crippen LogP contribution in [-0.2, 0) is 29.2 Å². The Morgan fingerprint density at radius 2 is 1.83 bits per heavy atom. The first-order valence-corrected chi connectivity index (χ1v) is 9.73. The molecule has 150 valence electrons. The number of hydrogen-bond acceptors (Lipinski definition) is 5. The summed E-state index contributed by atoms with van der Waals surface area (Å²) >= 11 is 0. The van der Waals surface area contributed by atoms with Gasteiger partial charge in [0.15, 0.2) is 0 Å². The highest BCUT2D eigenvalue weighted by molar-refractivity contribution is 6.05. The Labute approximate surface area is 169 Å². The van der Waals surface area contributed by atoms with Crippen LogP contribution in [0.15, 0.2) is 42.5 Å². The summed E-state index contributed by atoms with van der Waals surface area (Å²) in [6.45, 7) is 1.61. The normalized spacial score (nSPS) is 18.6. The molecular formula is C22H24N4O3. The fourth-order valence-electron chi connectivity index (χ4n) is 3.98. The van der Waals surface area contributed by atoms with Gasteiger partial charge < -0.3 is 15.5 Å². The van der Waals surface area contributed by atoms with Crippen LogP contribution >= 0.6 is 0 Å². The molecule has 0 saturated carbocycles. The van der Waals surface area contributed by atoms with E-state index in [9.17, 15) is 14.4 Å². The molecule has 1 fully saturated rings. The highest BCUT2D eigenvalue weighted by Crippen LogP contribution is 2.29. The van der Waals surface area contributed by atoms with Gasteiger partial charge in [0.2, 0.25) is 11.8 Å². The molecule has 2 heterocycles. The minimum atomic E-state index is -0.584. The van der Waals surface area contributed by atoms with Crippen LogP contribution in [-0.4, -0.2) is 35.7 Å². The highest BCUT2D eigenvalue weighted by Gasteiger charge is 2.39. The maximum atomic E-state index is 12.8. The summed E-state index contributed by atoms with van der Waals surface area (Å²) in [5.41, 5.74) is 10.5. The Kier molecular flexibility index (Phi) is 5.07. The lowest BCUT2D eigenvalue weighted by atomic mass is 10.0. The van der Waals surface area contributed by atoms with E-state index in [1.807, 2.05) is 49.5 Å². The van der Waals surface area contributed by atoms with Gasteiger partial charge in [0, 0.05) is 44.4 Å². The summed E-state index contributed by atoms with van der Waals surface area (Å²) in [5.74, 6) is -0.810. The number of nitrogens with one attached hydrogen (secondary N) is 1. The molecule has 0 aliphatic carbocycles. The van der Waals surface area contributed by atoms with E-state index in [1.165, 1.54) is 0 Å². The summed E-state index contributed by atoms with van der Waals surface area (Å²) in [4.78, 5) is 40.0. The van der Waals surface area contributed by atoms with Gasteiger partial charge in [-0.25, -0.2) is 0 Å². The van der Waals surface area contributed by atoms with Gasteiger partial charge in [-0.1, -0.05) is 24.3 Å². The lowest BCUT2D eigenvalue weighted by molar-refractivity contribution is -0.136. The second kappa shape index (κ2) is 7.67. The average molecular weight is 392 g/mol. The van der Waals surface area contributed by atoms with Gasteiger partial charge in [-0.05, 0) is 41.3 Å². The number of fused-ring (bicyclic) bond motifs is 1. The second-order valence-corrected chi connectivity index (χ2v) is 7.62. The fraction of sp³-hybridized carbons (Fsp3) is 0.318. The van der Waals surface area contributed by atoms with Crippen molar-refractivity contribution in [1.29, 1.82) is 0 Å². The van der Waals surface area contributed by atoms with Gasteiger partial charge in [0.25, 0.3) is 5.91 Å². The first-order valence-electron chi connectivity index (χ1n) is 9.73. The summed E-state index contributed by atoms with van der Waals surface area (Å²) in [6, 6.07) is 13.4. The van der Waals surface area contributed by atoms with E-state index >= 15 is 0 Å². The average Bonchev–Trinajstić information content (AvgIpc) is 3.03. The third-order valence-corrected chi connectivity index (χ3v) is 5.62. The predicted octanol–water partition coefficient (Wildman–Crippen LogP) is 1.54. The SMILES string of the molecule is CN(Cc1ccc2c(c1)CN(C1CCC(=O)NC1=O)C2=O)c1ccc(CN)cc1. The Morgan fingerprint density at radius 3 is 2.52 bits per heavy atom. The number of benzene rings is 2. The van der Waals surface area contributed by atoms with E-state index in [0.29, 0.717) is 31.6 Å². The van der Waals surface area contributed by atoms with Gasteiger partial charge >= 0.3 is 0 Å². The molecule has 0 radical (unpaired) electrons. The van der Waals surface area contributed by atoms with Crippen LogP contribution in [0.4, 0.5) is 5.69 Å². The number of piperidine rings is 1. The third kappa shape index (κ3) is 3.73. The van der Waals surface area contributed by atoms with Crippen molar-refractivity contribution < 1.29 is 14.4 Å². The molecule has 7 heteroatoms. The van der Waals surface area contributed by atoms with Gasteiger partial charge in [0.1, 0.15) is 6.04 Å². The summed E-state index contributed by atoms with van der Waals surface area (Å²) in [5, 5.41) is 2.33. The topological polar surface area (TPSA) is 95.7 Å². The second-order valence-electron chi connectivity index (χ2n) is 7.62. The largest absolute Gasteiger partial charge is 0.370 e. The van der Waals surface area contributed by atoms with Gasteiger partial charge in [-0.2, -0.15) is 0 Å². The molecule has 3 amide bonds. The summed E-state index contributed by atoms with van der Waals surface area (Å²) < 4.78 is 0. The lowest BCUT2D eigenvalue weighted by Crippen LogP contribution is -2.52. The number of anilines is 1. The standard InChI is InChI=1S/C22H24N4O3/c1-25(17-5-2-14(11-23)3-6-17)12-15-4-7-18-16(10-15)13-26(22(18)29)19-8-9-20(27)24-21(19)28/h2-7,10,19H,8-9,11-13,23H2,1H3,(H,24,27,28). The number of amides is 3. The molecule has 1 atom stereocenters. The smallest absolute Gasteiger partial charge is 0.255 e. The first kappa shape index (κ1) is 19.1. The predicted molar refractivity (Wildman–Crippen MR) is 109 cm³/mol. The highest BCUT2D eigenvalue weighted by atomic mass is 16.2. The Bertz CT molecular complexity index is 971. The van der Waals surface area contributed by atoms with Crippen molar-refractivity contribution in [2.45, 2.75) is 38.5 Å². The molecule has 29 heavy (non-hydrogen) atoms. The molecule has 2 aromatic rings. The van der Waals surface area contributed by atoms with Crippen LogP contribution in [0.1, 0.15) is 39.9 Å². The van der Waals surface area contributed by atoms with Crippen molar-refractivity contribution in [3.63, 3.8) is 0 Å². The number of imide groups is 1. The first-order chi connectivity index (χ1) is 14.0. The van der Waals surface area contributed by atoms with E-state index < -0.39 is 6.04 Å². The van der Waals surface area contributed by atoms with Crippen LogP contribution < -0.4 is 16.0 Å². The molecule has 1 unspecified atom stereocenters. The monoisotopic (exact) mass is 392 g/mol. The van der Waals surface area contributed by atoms with E-state index in [2.05, 4.69) is 10.2 Å². The number of nitrogens with two attached hydrogens (primary N) is 1. The quantitative estimate of drug-likeness (QED) is 0.753. The van der Waals surface area contributed by atoms with Crippen molar-refractivity contribution in [3.8, 4) is 0 Å². The van der Waals surface area contributed by atoms with Crippen molar-refractivity contribution in [2.24, 2.45) is 5.73 Å². The lowest BCUT2D eigenvalue weighted by Gasteiger charge is -2.29. The van der Waals surface area contributed by atoms with Crippen LogP contribution in [0.25, 0.3) is 0 Å². The molecular weight excluding hydrogens is 368 g/mol. The molecule has 2 aliphatic heterocycles. The maximum Gasteiger partial charge on any atom is 0.255 e. The molecule has 1 saturated heterocycles. The number of hydrogen-bond donors (Lipinski definition) is 2. The number of nitrogens with zero attached hydrogens (tertiary/aromatic N) is 2. The zero-order chi connectivity index (χ0) is 20.5. The number of carbonyl (C=O) groups excluding carboxylic acids is 3. The van der Waals surface area contributed by atoms with E-state index in [1.54, 1.807) is 4.90 Å². The Hall–Kier alpha value is -3.19. The number of carbonyl (C=O) groups is 3. The van der Waals surface area contributed by atoms with Crippen LogP contribution in [0.3, 0.4) is 0 Å². The molecule has 2 aromatic carbocycles. The van der Waals surface area contributed by atoms with Gasteiger partial charge in [0.05, 0.1) is 0 Å². The zero-order valence-electron chi connectivity index (χ0n) is 16.4. The van der Waals surface area contributed by atoms with E-state index in [4.69, 9.17) is 5.73 Å². The zero-order valence-corrected chi connectivity index (χ0v) is 16.4. The third-order valence-electron chi connectivity index (χ3n) is 5.62. The van der Waals surface area contributed by atoms with Crippen molar-refractivity contribution >= 4 is 23.4 Å². The van der Waals surface area contributed by atoms with Crippen molar-refractivity contribution in [1.82, 2.24) is 10.2 Å². The summed E-state index contributed by atoms with van der Waals surface area (Å²) in [6.07, 6.45) is 0.633. The molecule has 2 aliphatic rings. The maximum absolute atomic E-state index is 12.8. The Morgan fingerprint density at radius 1 is 1.10 bits per heavy atom. The molecule has 0 aromatic heterocycles. The van der Waals surface area contributed by atoms with Crippen LogP contribution in [0, 0.1) is 0 Å². The Balaban J connectivity index is 1.48. The molecule has 7 nitrogen and oxygen atoms in total. The van der Waals surface area contributed by atoms with Crippen molar-refractivity contribution in [3.05, 3.63) is 64.7 Å². The van der Waals surface area contributed by atoms with E-state index in [0.717, 1.165) is 22.4 Å². The van der Waals surface area contributed by atoms with Crippen LogP contribution in [0.5, 0.6) is 0 Å². The van der Waals surface area contributed by atoms with Crippen molar-refractivity contribution in [2.75, 3.05) is 11.9 Å². The number of rotatable bonds is 5. The van der Waals surface area contributed by atoms with Gasteiger partial charge in [-0.3, -0.25) is 19.7 Å².